The minimum absolute atomic E-state index is 0.320. The number of hydrogen-bond acceptors (Lipinski definition) is 3. The molecule has 1 N–H and O–H groups in total. The Hall–Kier alpha value is -0.610. The van der Waals surface area contributed by atoms with Crippen LogP contribution < -0.4 is 5.32 Å². The number of likely N-dealkylation sites (tertiary alicyclic amines) is 1. The van der Waals surface area contributed by atoms with Crippen molar-refractivity contribution in [2.45, 2.75) is 45.6 Å². The zero-order valence-electron chi connectivity index (χ0n) is 13.9. The van der Waals surface area contributed by atoms with Crippen LogP contribution in [0.3, 0.4) is 0 Å². The molecule has 0 aromatic heterocycles. The predicted octanol–water partition coefficient (Wildman–Crippen LogP) is 1.56. The molecule has 4 heteroatoms. The van der Waals surface area contributed by atoms with Gasteiger partial charge in [0.1, 0.15) is 0 Å². The monoisotopic (exact) mass is 293 g/mol. The predicted molar refractivity (Wildman–Crippen MR) is 85.1 cm³/mol. The molecule has 0 aromatic carbocycles. The number of nitrogens with zero attached hydrogens (tertiary/aromatic N) is 2. The van der Waals surface area contributed by atoms with E-state index < -0.39 is 0 Å². The standard InChI is InChI=1S/C17H31N3O/c1-4-20-10-5-15(13(2)12-20)19(3)16(21)14-11-17(14)6-8-18-9-7-17/h13-15,18H,4-12H2,1-3H3/t13-,14+,15-/m0/s1. The summed E-state index contributed by atoms with van der Waals surface area (Å²) in [6.45, 7) is 10.1. The average Bonchev–Trinajstić information content (AvgIpc) is 3.19. The molecule has 21 heavy (non-hydrogen) atoms. The lowest BCUT2D eigenvalue weighted by Crippen LogP contribution is -2.51. The lowest BCUT2D eigenvalue weighted by molar-refractivity contribution is -0.136. The van der Waals surface area contributed by atoms with Crippen molar-refractivity contribution < 1.29 is 4.79 Å². The molecule has 3 rings (SSSR count). The summed E-state index contributed by atoms with van der Waals surface area (Å²) in [6.07, 6.45) is 4.67. The van der Waals surface area contributed by atoms with Gasteiger partial charge in [-0.3, -0.25) is 4.79 Å². The van der Waals surface area contributed by atoms with Crippen LogP contribution in [0.15, 0.2) is 0 Å². The molecule has 0 aromatic rings. The molecule has 4 nitrogen and oxygen atoms in total. The second kappa shape index (κ2) is 5.88. The molecule has 120 valence electrons. The van der Waals surface area contributed by atoms with E-state index in [1.165, 1.54) is 12.8 Å². The molecule has 1 aliphatic carbocycles. The van der Waals surface area contributed by atoms with E-state index in [2.05, 4.69) is 36.0 Å². The Labute approximate surface area is 129 Å². The van der Waals surface area contributed by atoms with Crippen LogP contribution in [-0.2, 0) is 4.79 Å². The zero-order valence-corrected chi connectivity index (χ0v) is 13.9. The number of carbonyl (C=O) groups is 1. The molecule has 2 saturated heterocycles. The summed E-state index contributed by atoms with van der Waals surface area (Å²) in [4.78, 5) is 17.5. The first kappa shape index (κ1) is 15.3. The van der Waals surface area contributed by atoms with Crippen molar-refractivity contribution in [1.82, 2.24) is 15.1 Å². The molecule has 0 unspecified atom stereocenters. The Kier molecular flexibility index (Phi) is 4.28. The van der Waals surface area contributed by atoms with Gasteiger partial charge in [0, 0.05) is 32.1 Å². The topological polar surface area (TPSA) is 35.6 Å². The zero-order chi connectivity index (χ0) is 15.0. The second-order valence-electron chi connectivity index (χ2n) is 7.54. The van der Waals surface area contributed by atoms with Crippen LogP contribution in [0.25, 0.3) is 0 Å². The fraction of sp³-hybridized carbons (Fsp3) is 0.941. The van der Waals surface area contributed by atoms with E-state index >= 15 is 0 Å². The maximum absolute atomic E-state index is 12.9. The summed E-state index contributed by atoms with van der Waals surface area (Å²) in [6, 6.07) is 0.444. The van der Waals surface area contributed by atoms with E-state index in [1.807, 2.05) is 0 Å². The lowest BCUT2D eigenvalue weighted by atomic mass is 9.90. The molecular formula is C17H31N3O. The molecular weight excluding hydrogens is 262 g/mol. The Morgan fingerprint density at radius 1 is 1.38 bits per heavy atom. The minimum Gasteiger partial charge on any atom is -0.342 e. The quantitative estimate of drug-likeness (QED) is 0.858. The number of piperidine rings is 2. The van der Waals surface area contributed by atoms with E-state index in [0.29, 0.717) is 29.2 Å². The molecule has 2 aliphatic heterocycles. The Morgan fingerprint density at radius 3 is 2.71 bits per heavy atom. The molecule has 3 aliphatic rings. The fourth-order valence-corrected chi connectivity index (χ4v) is 4.67. The van der Waals surface area contributed by atoms with Gasteiger partial charge in [-0.15, -0.1) is 0 Å². The molecule has 0 radical (unpaired) electrons. The van der Waals surface area contributed by atoms with Gasteiger partial charge in [0.25, 0.3) is 0 Å². The van der Waals surface area contributed by atoms with Crippen molar-refractivity contribution in [3.05, 3.63) is 0 Å². The molecule has 1 amide bonds. The van der Waals surface area contributed by atoms with E-state index in [0.717, 1.165) is 45.6 Å². The van der Waals surface area contributed by atoms with Crippen LogP contribution in [0.4, 0.5) is 0 Å². The van der Waals surface area contributed by atoms with Gasteiger partial charge in [-0.1, -0.05) is 13.8 Å². The summed E-state index contributed by atoms with van der Waals surface area (Å²) >= 11 is 0. The maximum atomic E-state index is 12.9. The van der Waals surface area contributed by atoms with Crippen molar-refractivity contribution in [3.63, 3.8) is 0 Å². The third kappa shape index (κ3) is 2.85. The summed E-state index contributed by atoms with van der Waals surface area (Å²) < 4.78 is 0. The number of amides is 1. The van der Waals surface area contributed by atoms with Gasteiger partial charge in [-0.2, -0.15) is 0 Å². The van der Waals surface area contributed by atoms with Crippen molar-refractivity contribution in [1.29, 1.82) is 0 Å². The number of nitrogens with one attached hydrogen (secondary N) is 1. The van der Waals surface area contributed by atoms with Crippen LogP contribution in [0.5, 0.6) is 0 Å². The number of carbonyl (C=O) groups excluding carboxylic acids is 1. The van der Waals surface area contributed by atoms with E-state index in [9.17, 15) is 4.79 Å². The van der Waals surface area contributed by atoms with E-state index in [-0.39, 0.29) is 0 Å². The Balaban J connectivity index is 1.58. The van der Waals surface area contributed by atoms with Gasteiger partial charge >= 0.3 is 0 Å². The average molecular weight is 293 g/mol. The fourth-order valence-electron chi connectivity index (χ4n) is 4.67. The minimum atomic E-state index is 0.320. The number of rotatable bonds is 3. The van der Waals surface area contributed by atoms with E-state index in [4.69, 9.17) is 0 Å². The molecule has 1 saturated carbocycles. The van der Waals surface area contributed by atoms with Gasteiger partial charge in [0.2, 0.25) is 5.91 Å². The molecule has 1 spiro atoms. The first-order chi connectivity index (χ1) is 10.1. The van der Waals surface area contributed by atoms with Crippen molar-refractivity contribution in [2.24, 2.45) is 17.3 Å². The van der Waals surface area contributed by atoms with Crippen molar-refractivity contribution in [2.75, 3.05) is 39.8 Å². The van der Waals surface area contributed by atoms with Gasteiger partial charge in [-0.05, 0) is 56.7 Å². The Bertz CT molecular complexity index is 391. The summed E-state index contributed by atoms with van der Waals surface area (Å²) in [5.74, 6) is 1.34. The maximum Gasteiger partial charge on any atom is 0.226 e. The van der Waals surface area contributed by atoms with Gasteiger partial charge in [0.05, 0.1) is 0 Å². The van der Waals surface area contributed by atoms with Crippen LogP contribution in [0.2, 0.25) is 0 Å². The highest BCUT2D eigenvalue weighted by Crippen LogP contribution is 2.59. The molecule has 2 heterocycles. The molecule has 0 bridgehead atoms. The number of hydrogen-bond donors (Lipinski definition) is 1. The first-order valence-corrected chi connectivity index (χ1v) is 8.77. The van der Waals surface area contributed by atoms with Crippen LogP contribution in [0.1, 0.15) is 39.5 Å². The third-order valence-electron chi connectivity index (χ3n) is 6.32. The van der Waals surface area contributed by atoms with Gasteiger partial charge in [0.15, 0.2) is 0 Å². The summed E-state index contributed by atoms with van der Waals surface area (Å²) in [5, 5.41) is 3.42. The normalized spacial score (nSPS) is 35.7. The highest BCUT2D eigenvalue weighted by molar-refractivity contribution is 5.82. The largest absolute Gasteiger partial charge is 0.342 e. The van der Waals surface area contributed by atoms with Crippen LogP contribution >= 0.6 is 0 Å². The van der Waals surface area contributed by atoms with Gasteiger partial charge < -0.3 is 15.1 Å². The highest BCUT2D eigenvalue weighted by Gasteiger charge is 2.58. The summed E-state index contributed by atoms with van der Waals surface area (Å²) in [5.41, 5.74) is 0.365. The van der Waals surface area contributed by atoms with Gasteiger partial charge in [-0.25, -0.2) is 0 Å². The first-order valence-electron chi connectivity index (χ1n) is 8.77. The molecule has 3 atom stereocenters. The molecule has 3 fully saturated rings. The SMILES string of the molecule is CCN1CC[C@H](N(C)C(=O)[C@H]2CC23CCNCC3)[C@@H](C)C1. The highest BCUT2D eigenvalue weighted by atomic mass is 16.2. The van der Waals surface area contributed by atoms with Crippen LogP contribution in [0, 0.1) is 17.3 Å². The van der Waals surface area contributed by atoms with Crippen LogP contribution in [-0.4, -0.2) is 61.5 Å². The van der Waals surface area contributed by atoms with E-state index in [1.54, 1.807) is 0 Å². The summed E-state index contributed by atoms with van der Waals surface area (Å²) in [7, 11) is 2.05. The van der Waals surface area contributed by atoms with Crippen molar-refractivity contribution >= 4 is 5.91 Å². The smallest absolute Gasteiger partial charge is 0.226 e. The Morgan fingerprint density at radius 2 is 2.10 bits per heavy atom. The van der Waals surface area contributed by atoms with Crippen molar-refractivity contribution in [3.8, 4) is 0 Å². The third-order valence-corrected chi connectivity index (χ3v) is 6.32. The second-order valence-corrected chi connectivity index (χ2v) is 7.54. The lowest BCUT2D eigenvalue weighted by Gasteiger charge is -2.41.